The molecule has 2 rings (SSSR count). The first-order chi connectivity index (χ1) is 7.66. The summed E-state index contributed by atoms with van der Waals surface area (Å²) in [6, 6.07) is 13.2. The first-order valence-corrected chi connectivity index (χ1v) is 5.97. The van der Waals surface area contributed by atoms with Crippen LogP contribution in [0.15, 0.2) is 42.5 Å². The van der Waals surface area contributed by atoms with E-state index in [1.165, 1.54) is 0 Å². The van der Waals surface area contributed by atoms with Crippen LogP contribution in [0, 0.1) is 0 Å². The molecule has 2 aromatic carbocycles. The Bertz CT molecular complexity index is 469. The lowest BCUT2D eigenvalue weighted by atomic mass is 10.1. The van der Waals surface area contributed by atoms with Crippen molar-refractivity contribution in [1.82, 2.24) is 0 Å². The summed E-state index contributed by atoms with van der Waals surface area (Å²) in [6.45, 7) is 0. The molecule has 2 aromatic rings. The fraction of sp³-hybridized carbons (Fsp3) is 0.0769. The summed E-state index contributed by atoms with van der Waals surface area (Å²) in [6.07, 6.45) is 0.718. The third-order valence-electron chi connectivity index (χ3n) is 2.36. The Hall–Kier alpha value is -0.690. The Morgan fingerprint density at radius 1 is 0.750 bits per heavy atom. The van der Waals surface area contributed by atoms with E-state index in [-0.39, 0.29) is 0 Å². The highest BCUT2D eigenvalue weighted by molar-refractivity contribution is 6.36. The Morgan fingerprint density at radius 3 is 1.88 bits per heavy atom. The van der Waals surface area contributed by atoms with Gasteiger partial charge >= 0.3 is 0 Å². The number of hydrogen-bond donors (Lipinski definition) is 0. The van der Waals surface area contributed by atoms with Gasteiger partial charge in [-0.2, -0.15) is 0 Å². The van der Waals surface area contributed by atoms with Crippen LogP contribution in [-0.4, -0.2) is 0 Å². The molecule has 0 atom stereocenters. The normalized spacial score (nSPS) is 10.4. The number of rotatable bonds is 2. The van der Waals surface area contributed by atoms with Crippen molar-refractivity contribution in [3.63, 3.8) is 0 Å². The molecule has 0 unspecified atom stereocenters. The quantitative estimate of drug-likeness (QED) is 0.701. The molecule has 0 N–H and O–H groups in total. The molecule has 0 fully saturated rings. The van der Waals surface area contributed by atoms with Crippen LogP contribution in [0.4, 0.5) is 0 Å². The molecule has 0 aromatic heterocycles. The van der Waals surface area contributed by atoms with Gasteiger partial charge in [0.1, 0.15) is 0 Å². The zero-order valence-electron chi connectivity index (χ0n) is 8.38. The predicted octanol–water partition coefficient (Wildman–Crippen LogP) is 5.24. The Morgan fingerprint density at radius 2 is 1.31 bits per heavy atom. The molecule has 16 heavy (non-hydrogen) atoms. The van der Waals surface area contributed by atoms with E-state index in [0.29, 0.717) is 10.0 Å². The Kier molecular flexibility index (Phi) is 3.75. The van der Waals surface area contributed by atoms with Gasteiger partial charge in [-0.1, -0.05) is 53.0 Å². The molecule has 0 radical (unpaired) electrons. The summed E-state index contributed by atoms with van der Waals surface area (Å²) in [5.74, 6) is 0. The highest BCUT2D eigenvalue weighted by Crippen LogP contribution is 2.27. The predicted molar refractivity (Wildman–Crippen MR) is 70.7 cm³/mol. The summed E-state index contributed by atoms with van der Waals surface area (Å²) >= 11 is 18.0. The van der Waals surface area contributed by atoms with Crippen molar-refractivity contribution in [2.45, 2.75) is 6.42 Å². The van der Waals surface area contributed by atoms with Gasteiger partial charge in [-0.15, -0.1) is 0 Å². The largest absolute Gasteiger partial charge is 0.0843 e. The maximum Gasteiger partial charge on any atom is 0.0456 e. The zero-order valence-corrected chi connectivity index (χ0v) is 10.7. The van der Waals surface area contributed by atoms with Gasteiger partial charge in [-0.3, -0.25) is 0 Å². The lowest BCUT2D eigenvalue weighted by Gasteiger charge is -2.06. The molecule has 82 valence electrons. The van der Waals surface area contributed by atoms with Crippen molar-refractivity contribution in [3.8, 4) is 0 Å². The average Bonchev–Trinajstić information content (AvgIpc) is 2.26. The highest BCUT2D eigenvalue weighted by Gasteiger charge is 2.06. The van der Waals surface area contributed by atoms with E-state index in [1.54, 1.807) is 0 Å². The van der Waals surface area contributed by atoms with E-state index in [2.05, 4.69) is 0 Å². The molecular weight excluding hydrogens is 263 g/mol. The lowest BCUT2D eigenvalue weighted by molar-refractivity contribution is 1.19. The minimum absolute atomic E-state index is 0.697. The number of hydrogen-bond acceptors (Lipinski definition) is 0. The van der Waals surface area contributed by atoms with Gasteiger partial charge in [-0.05, 0) is 35.4 Å². The van der Waals surface area contributed by atoms with Crippen molar-refractivity contribution in [3.05, 3.63) is 68.7 Å². The van der Waals surface area contributed by atoms with Crippen LogP contribution in [-0.2, 0) is 6.42 Å². The molecule has 0 aliphatic heterocycles. The second-order valence-corrected chi connectivity index (χ2v) is 4.75. The van der Waals surface area contributed by atoms with E-state index in [0.717, 1.165) is 22.6 Å². The highest BCUT2D eigenvalue weighted by atomic mass is 35.5. The van der Waals surface area contributed by atoms with Crippen LogP contribution < -0.4 is 0 Å². The van der Waals surface area contributed by atoms with Crippen LogP contribution >= 0.6 is 34.8 Å². The van der Waals surface area contributed by atoms with Crippen LogP contribution in [0.2, 0.25) is 15.1 Å². The van der Waals surface area contributed by atoms with Crippen LogP contribution in [0.25, 0.3) is 0 Å². The SMILES string of the molecule is Clc1ccc(Cc2c(Cl)cccc2Cl)cc1. The second kappa shape index (κ2) is 5.09. The molecule has 0 aliphatic rings. The first-order valence-electron chi connectivity index (χ1n) is 4.84. The van der Waals surface area contributed by atoms with E-state index in [4.69, 9.17) is 34.8 Å². The van der Waals surface area contributed by atoms with E-state index < -0.39 is 0 Å². The minimum atomic E-state index is 0.697. The van der Waals surface area contributed by atoms with Gasteiger partial charge in [0.2, 0.25) is 0 Å². The third kappa shape index (κ3) is 2.70. The molecule has 0 saturated carbocycles. The third-order valence-corrected chi connectivity index (χ3v) is 3.32. The van der Waals surface area contributed by atoms with Gasteiger partial charge in [0.05, 0.1) is 0 Å². The van der Waals surface area contributed by atoms with Gasteiger partial charge in [0.25, 0.3) is 0 Å². The van der Waals surface area contributed by atoms with E-state index in [9.17, 15) is 0 Å². The zero-order chi connectivity index (χ0) is 11.5. The molecule has 0 aliphatic carbocycles. The van der Waals surface area contributed by atoms with Gasteiger partial charge in [0.15, 0.2) is 0 Å². The number of halogens is 3. The second-order valence-electron chi connectivity index (χ2n) is 3.50. The molecule has 0 nitrogen and oxygen atoms in total. The molecule has 3 heteroatoms. The summed E-state index contributed by atoms with van der Waals surface area (Å²) in [5, 5.41) is 2.12. The van der Waals surface area contributed by atoms with Crippen molar-refractivity contribution >= 4 is 34.8 Å². The molecule has 0 heterocycles. The topological polar surface area (TPSA) is 0 Å². The summed E-state index contributed by atoms with van der Waals surface area (Å²) in [7, 11) is 0. The maximum absolute atomic E-state index is 6.10. The van der Waals surface area contributed by atoms with Crippen LogP contribution in [0.5, 0.6) is 0 Å². The van der Waals surface area contributed by atoms with Crippen molar-refractivity contribution in [2.24, 2.45) is 0 Å². The van der Waals surface area contributed by atoms with Crippen LogP contribution in [0.1, 0.15) is 11.1 Å². The van der Waals surface area contributed by atoms with Gasteiger partial charge in [0, 0.05) is 21.5 Å². The summed E-state index contributed by atoms with van der Waals surface area (Å²) < 4.78 is 0. The molecular formula is C13H9Cl3. The fourth-order valence-corrected chi connectivity index (χ4v) is 2.16. The average molecular weight is 272 g/mol. The van der Waals surface area contributed by atoms with Gasteiger partial charge in [-0.25, -0.2) is 0 Å². The molecule has 0 spiro atoms. The van der Waals surface area contributed by atoms with Crippen molar-refractivity contribution in [2.75, 3.05) is 0 Å². The van der Waals surface area contributed by atoms with Crippen molar-refractivity contribution < 1.29 is 0 Å². The lowest BCUT2D eigenvalue weighted by Crippen LogP contribution is -1.90. The standard InChI is InChI=1S/C13H9Cl3/c14-10-6-4-9(5-7-10)8-11-12(15)2-1-3-13(11)16/h1-7H,8H2. The van der Waals surface area contributed by atoms with Crippen LogP contribution in [0.3, 0.4) is 0 Å². The first kappa shape index (κ1) is 11.8. The van der Waals surface area contributed by atoms with Crippen molar-refractivity contribution in [1.29, 1.82) is 0 Å². The molecule has 0 bridgehead atoms. The smallest absolute Gasteiger partial charge is 0.0456 e. The summed E-state index contributed by atoms with van der Waals surface area (Å²) in [5.41, 5.74) is 2.09. The molecule has 0 amide bonds. The monoisotopic (exact) mass is 270 g/mol. The van der Waals surface area contributed by atoms with E-state index in [1.807, 2.05) is 42.5 Å². The maximum atomic E-state index is 6.10. The van der Waals surface area contributed by atoms with Gasteiger partial charge < -0.3 is 0 Å². The molecule has 0 saturated heterocycles. The minimum Gasteiger partial charge on any atom is -0.0843 e. The van der Waals surface area contributed by atoms with E-state index >= 15 is 0 Å². The Labute approximate surface area is 110 Å². The number of benzene rings is 2. The summed E-state index contributed by atoms with van der Waals surface area (Å²) in [4.78, 5) is 0. The fourth-order valence-electron chi connectivity index (χ4n) is 1.51. The Balaban J connectivity index is 2.30.